The van der Waals surface area contributed by atoms with Gasteiger partial charge in [-0.15, -0.1) is 0 Å². The van der Waals surface area contributed by atoms with Crippen LogP contribution in [0.4, 0.5) is 0 Å². The lowest BCUT2D eigenvalue weighted by Crippen LogP contribution is -1.94. The number of hydrogen-bond donors (Lipinski definition) is 0. The van der Waals surface area contributed by atoms with E-state index in [1.807, 2.05) is 0 Å². The lowest BCUT2D eigenvalue weighted by molar-refractivity contribution is -0.111. The van der Waals surface area contributed by atoms with Gasteiger partial charge >= 0.3 is 0 Å². The molecule has 0 radical (unpaired) electrons. The zero-order valence-corrected chi connectivity index (χ0v) is 9.06. The number of carbonyl (C=O) groups excluding carboxylic acids is 1. The van der Waals surface area contributed by atoms with Crippen LogP contribution in [0.2, 0.25) is 0 Å². The van der Waals surface area contributed by atoms with Crippen molar-refractivity contribution in [1.29, 1.82) is 0 Å². The summed E-state index contributed by atoms with van der Waals surface area (Å²) in [6, 6.07) is 7.03. The number of benzene rings is 1. The summed E-state index contributed by atoms with van der Waals surface area (Å²) >= 11 is 0. The van der Waals surface area contributed by atoms with Crippen molar-refractivity contribution in [2.45, 2.75) is 11.8 Å². The molecule has 0 amide bonds. The summed E-state index contributed by atoms with van der Waals surface area (Å²) in [6.45, 7) is 5.15. The van der Waals surface area contributed by atoms with E-state index < -0.39 is 10.8 Å². The van der Waals surface area contributed by atoms with Gasteiger partial charge in [0, 0.05) is 27.5 Å². The second-order valence-corrected chi connectivity index (χ2v) is 4.39. The number of hydrogen-bond acceptors (Lipinski definition) is 2. The maximum absolute atomic E-state index is 11.1. The van der Waals surface area contributed by atoms with Crippen LogP contribution in [0.1, 0.15) is 12.5 Å². The van der Waals surface area contributed by atoms with Crippen molar-refractivity contribution in [2.24, 2.45) is 0 Å². The Morgan fingerprint density at radius 3 is 2.14 bits per heavy atom. The minimum atomic E-state index is -0.976. The molecule has 0 fully saturated rings. The van der Waals surface area contributed by atoms with E-state index >= 15 is 0 Å². The summed E-state index contributed by atoms with van der Waals surface area (Å²) in [5, 5.41) is 0. The first kappa shape index (κ1) is 10.9. The fourth-order valence-corrected chi connectivity index (χ4v) is 1.57. The van der Waals surface area contributed by atoms with Gasteiger partial charge in [-0.05, 0) is 24.6 Å². The molecule has 0 aliphatic rings. The third-order valence-corrected chi connectivity index (χ3v) is 2.90. The molecular weight excluding hydrogens is 196 g/mol. The molecule has 0 saturated carbocycles. The van der Waals surface area contributed by atoms with E-state index in [9.17, 15) is 9.00 Å². The van der Waals surface area contributed by atoms with Gasteiger partial charge in [0.05, 0.1) is 0 Å². The molecule has 1 aromatic rings. The zero-order chi connectivity index (χ0) is 10.7. The first-order valence-electron chi connectivity index (χ1n) is 4.16. The number of rotatable bonds is 3. The molecule has 1 aromatic carbocycles. The molecule has 0 spiro atoms. The van der Waals surface area contributed by atoms with Crippen LogP contribution in [0.15, 0.2) is 35.7 Å². The molecular formula is C11H12O2S. The monoisotopic (exact) mass is 208 g/mol. The number of allylic oxidation sites excluding steroid dienone is 1. The largest absolute Gasteiger partial charge is 0.295 e. The van der Waals surface area contributed by atoms with E-state index in [4.69, 9.17) is 0 Å². The summed E-state index contributed by atoms with van der Waals surface area (Å²) in [7, 11) is -0.976. The van der Waals surface area contributed by atoms with E-state index in [0.29, 0.717) is 5.57 Å². The minimum absolute atomic E-state index is 0.0460. The van der Waals surface area contributed by atoms with Gasteiger partial charge in [0.1, 0.15) is 0 Å². The van der Waals surface area contributed by atoms with Gasteiger partial charge in [-0.3, -0.25) is 9.00 Å². The number of carbonyl (C=O) groups is 1. The van der Waals surface area contributed by atoms with Gasteiger partial charge in [0.15, 0.2) is 5.78 Å². The van der Waals surface area contributed by atoms with Gasteiger partial charge in [-0.25, -0.2) is 0 Å². The topological polar surface area (TPSA) is 34.1 Å². The number of ketones is 1. The first-order valence-corrected chi connectivity index (χ1v) is 5.72. The van der Waals surface area contributed by atoms with Crippen molar-refractivity contribution in [1.82, 2.24) is 0 Å². The Labute approximate surface area is 86.1 Å². The SMILES string of the molecule is C=C(C(C)=O)c1ccc(S(C)=O)cc1. The average molecular weight is 208 g/mol. The van der Waals surface area contributed by atoms with Gasteiger partial charge in [-0.1, -0.05) is 18.7 Å². The molecule has 1 unspecified atom stereocenters. The summed E-state index contributed by atoms with van der Waals surface area (Å²) in [4.78, 5) is 11.8. The smallest absolute Gasteiger partial charge is 0.159 e. The highest BCUT2D eigenvalue weighted by molar-refractivity contribution is 7.84. The van der Waals surface area contributed by atoms with E-state index in [1.165, 1.54) is 6.92 Å². The highest BCUT2D eigenvalue weighted by Crippen LogP contribution is 2.15. The van der Waals surface area contributed by atoms with Crippen LogP contribution in [0, 0.1) is 0 Å². The van der Waals surface area contributed by atoms with Crippen LogP contribution in [0.3, 0.4) is 0 Å². The second-order valence-electron chi connectivity index (χ2n) is 3.01. The van der Waals surface area contributed by atoms with Gasteiger partial charge in [0.25, 0.3) is 0 Å². The molecule has 14 heavy (non-hydrogen) atoms. The van der Waals surface area contributed by atoms with Crippen LogP contribution >= 0.6 is 0 Å². The van der Waals surface area contributed by atoms with E-state index in [1.54, 1.807) is 30.5 Å². The molecule has 2 nitrogen and oxygen atoms in total. The van der Waals surface area contributed by atoms with Crippen molar-refractivity contribution in [2.75, 3.05) is 6.26 Å². The van der Waals surface area contributed by atoms with Gasteiger partial charge in [-0.2, -0.15) is 0 Å². The Hall–Kier alpha value is -1.22. The van der Waals surface area contributed by atoms with E-state index in [0.717, 1.165) is 10.5 Å². The Balaban J connectivity index is 3.00. The maximum atomic E-state index is 11.1. The molecule has 0 N–H and O–H groups in total. The fraction of sp³-hybridized carbons (Fsp3) is 0.182. The highest BCUT2D eigenvalue weighted by atomic mass is 32.2. The van der Waals surface area contributed by atoms with E-state index in [-0.39, 0.29) is 5.78 Å². The van der Waals surface area contributed by atoms with Crippen molar-refractivity contribution in [3.63, 3.8) is 0 Å². The van der Waals surface area contributed by atoms with Crippen LogP contribution in [0.25, 0.3) is 5.57 Å². The van der Waals surface area contributed by atoms with Crippen LogP contribution in [-0.4, -0.2) is 16.2 Å². The standard InChI is InChI=1S/C11H12O2S/c1-8(9(2)12)10-4-6-11(7-5-10)14(3)13/h4-7H,1H2,2-3H3. The molecule has 1 atom stereocenters. The molecule has 0 bridgehead atoms. The van der Waals surface area contributed by atoms with Crippen molar-refractivity contribution < 1.29 is 9.00 Å². The number of Topliss-reactive ketones (excluding diaryl/α,β-unsaturated/α-hetero) is 1. The molecule has 1 rings (SSSR count). The first-order chi connectivity index (χ1) is 6.52. The molecule has 0 heterocycles. The molecule has 0 aromatic heterocycles. The predicted molar refractivity (Wildman–Crippen MR) is 58.5 cm³/mol. The Bertz CT molecular complexity index is 390. The molecule has 3 heteroatoms. The summed E-state index contributed by atoms with van der Waals surface area (Å²) in [5.74, 6) is -0.0460. The quantitative estimate of drug-likeness (QED) is 0.712. The summed E-state index contributed by atoms with van der Waals surface area (Å²) in [6.07, 6.45) is 1.62. The van der Waals surface area contributed by atoms with Gasteiger partial charge < -0.3 is 0 Å². The highest BCUT2D eigenvalue weighted by Gasteiger charge is 2.04. The molecule has 74 valence electrons. The zero-order valence-electron chi connectivity index (χ0n) is 8.24. The average Bonchev–Trinajstić information content (AvgIpc) is 2.16. The Morgan fingerprint density at radius 2 is 1.79 bits per heavy atom. The summed E-state index contributed by atoms with van der Waals surface area (Å²) < 4.78 is 11.1. The predicted octanol–water partition coefficient (Wildman–Crippen LogP) is 2.03. The van der Waals surface area contributed by atoms with Gasteiger partial charge in [0.2, 0.25) is 0 Å². The third-order valence-electron chi connectivity index (χ3n) is 1.96. The molecule has 0 saturated heterocycles. The fourth-order valence-electron chi connectivity index (χ4n) is 1.05. The Kier molecular flexibility index (Phi) is 3.36. The molecule has 0 aliphatic carbocycles. The maximum Gasteiger partial charge on any atom is 0.159 e. The Morgan fingerprint density at radius 1 is 1.29 bits per heavy atom. The lowest BCUT2D eigenvalue weighted by Gasteiger charge is -2.02. The van der Waals surface area contributed by atoms with Crippen molar-refractivity contribution in [3.05, 3.63) is 36.4 Å². The van der Waals surface area contributed by atoms with Crippen molar-refractivity contribution in [3.8, 4) is 0 Å². The summed E-state index contributed by atoms with van der Waals surface area (Å²) in [5.41, 5.74) is 1.27. The van der Waals surface area contributed by atoms with Crippen LogP contribution in [-0.2, 0) is 15.6 Å². The third kappa shape index (κ3) is 2.39. The second kappa shape index (κ2) is 4.33. The van der Waals surface area contributed by atoms with E-state index in [2.05, 4.69) is 6.58 Å². The minimum Gasteiger partial charge on any atom is -0.295 e. The van der Waals surface area contributed by atoms with Crippen LogP contribution in [0.5, 0.6) is 0 Å². The van der Waals surface area contributed by atoms with Crippen molar-refractivity contribution >= 4 is 22.2 Å². The normalized spacial score (nSPS) is 12.1. The van der Waals surface area contributed by atoms with Crippen LogP contribution < -0.4 is 0 Å². The lowest BCUT2D eigenvalue weighted by atomic mass is 10.1. The molecule has 0 aliphatic heterocycles.